The maximum absolute atomic E-state index is 14.4. The second-order valence-electron chi connectivity index (χ2n) is 22.0. The number of carbonyl (C=O) groups excluding carboxylic acids is 5. The summed E-state index contributed by atoms with van der Waals surface area (Å²) in [6.07, 6.45) is 14.6. The van der Waals surface area contributed by atoms with Crippen molar-refractivity contribution in [3.8, 4) is 0 Å². The molecule has 0 bridgehead atoms. The van der Waals surface area contributed by atoms with E-state index in [0.717, 1.165) is 86.1 Å². The van der Waals surface area contributed by atoms with Crippen molar-refractivity contribution < 1.29 is 28.7 Å². The third kappa shape index (κ3) is 16.3. The molecule has 0 spiro atoms. The number of benzene rings is 2. The van der Waals surface area contributed by atoms with Crippen LogP contribution in [0.1, 0.15) is 174 Å². The predicted molar refractivity (Wildman–Crippen MR) is 279 cm³/mol. The molecule has 0 radical (unpaired) electrons. The average molecular weight is 948 g/mol. The molecule has 0 saturated carbocycles. The van der Waals surface area contributed by atoms with E-state index < -0.39 is 29.7 Å². The van der Waals surface area contributed by atoms with Gasteiger partial charge in [0.05, 0.1) is 29.4 Å². The Morgan fingerprint density at radius 1 is 0.942 bits per heavy atom. The summed E-state index contributed by atoms with van der Waals surface area (Å²) in [7, 11) is 0. The maximum atomic E-state index is 14.4. The van der Waals surface area contributed by atoms with E-state index in [4.69, 9.17) is 9.73 Å². The Kier molecular flexibility index (Phi) is 20.6. The molecular weight excluding hydrogens is 863 g/mol. The number of likely N-dealkylation sites (tertiary alicyclic amines) is 1. The molecule has 5 rings (SSSR count). The van der Waals surface area contributed by atoms with Crippen LogP contribution < -0.4 is 16.0 Å². The first kappa shape index (κ1) is 55.0. The van der Waals surface area contributed by atoms with Crippen molar-refractivity contribution in [2.24, 2.45) is 28.7 Å². The van der Waals surface area contributed by atoms with Crippen LogP contribution in [-0.4, -0.2) is 82.3 Å². The molecule has 69 heavy (non-hydrogen) atoms. The smallest absolute Gasteiger partial charge is 0.408 e. The van der Waals surface area contributed by atoms with Crippen LogP contribution in [0.15, 0.2) is 78.0 Å². The highest BCUT2D eigenvalue weighted by Crippen LogP contribution is 2.37. The number of ketones is 3. The maximum Gasteiger partial charge on any atom is 0.408 e. The second-order valence-corrected chi connectivity index (χ2v) is 22.0. The molecule has 11 nitrogen and oxygen atoms in total. The number of ether oxygens (including phenoxy) is 1. The van der Waals surface area contributed by atoms with Crippen LogP contribution in [-0.2, 0) is 32.0 Å². The lowest BCUT2D eigenvalue weighted by molar-refractivity contribution is -0.134. The van der Waals surface area contributed by atoms with Crippen LogP contribution in [0.3, 0.4) is 0 Å². The first-order valence-electron chi connectivity index (χ1n) is 26.3. The van der Waals surface area contributed by atoms with E-state index in [1.807, 2.05) is 71.0 Å². The van der Waals surface area contributed by atoms with Crippen LogP contribution in [0.4, 0.5) is 10.5 Å². The lowest BCUT2D eigenvalue weighted by Crippen LogP contribution is -2.46. The van der Waals surface area contributed by atoms with Crippen molar-refractivity contribution in [1.29, 1.82) is 0 Å². The highest BCUT2D eigenvalue weighted by molar-refractivity contribution is 6.07. The molecule has 2 fully saturated rings. The molecule has 378 valence electrons. The molecule has 3 aliphatic rings. The number of unbranched alkanes of at least 4 members (excludes halogenated alkanes) is 3. The fourth-order valence-corrected chi connectivity index (χ4v) is 10.2. The summed E-state index contributed by atoms with van der Waals surface area (Å²) in [6, 6.07) is 14.8. The molecule has 2 aromatic carbocycles. The van der Waals surface area contributed by atoms with E-state index in [9.17, 15) is 24.0 Å². The number of Topliss-reactive ketones (excluding diaryl/α,β-unsaturated/α-hetero) is 3. The number of para-hydroxylation sites is 1. The normalized spacial score (nSPS) is 19.8. The minimum atomic E-state index is -0.622. The molecule has 2 saturated heterocycles. The number of hydrogen-bond donors (Lipinski definition) is 3. The van der Waals surface area contributed by atoms with Gasteiger partial charge in [-0.15, -0.1) is 0 Å². The van der Waals surface area contributed by atoms with Gasteiger partial charge in [-0.3, -0.25) is 24.2 Å². The summed E-state index contributed by atoms with van der Waals surface area (Å²) < 4.78 is 5.60. The number of allylic oxidation sites excluding steroid dienone is 1. The quantitative estimate of drug-likeness (QED) is 0.0456. The molecule has 0 unspecified atom stereocenters. The topological polar surface area (TPSA) is 146 Å². The summed E-state index contributed by atoms with van der Waals surface area (Å²) in [5, 5.41) is 9.77. The van der Waals surface area contributed by atoms with Gasteiger partial charge in [0, 0.05) is 61.0 Å². The molecule has 3 heterocycles. The first-order valence-corrected chi connectivity index (χ1v) is 26.3. The van der Waals surface area contributed by atoms with Gasteiger partial charge < -0.3 is 25.6 Å². The zero-order valence-corrected chi connectivity index (χ0v) is 43.6. The van der Waals surface area contributed by atoms with Gasteiger partial charge in [0.2, 0.25) is 5.91 Å². The Balaban J connectivity index is 1.18. The van der Waals surface area contributed by atoms with E-state index >= 15 is 0 Å². The van der Waals surface area contributed by atoms with Gasteiger partial charge in [-0.2, -0.15) is 0 Å². The fourth-order valence-electron chi connectivity index (χ4n) is 10.2. The Morgan fingerprint density at radius 2 is 1.68 bits per heavy atom. The van der Waals surface area contributed by atoms with Crippen LogP contribution in [0.5, 0.6) is 0 Å². The number of fused-ring (bicyclic) bond motifs is 1. The average Bonchev–Trinajstić information content (AvgIpc) is 4.08. The van der Waals surface area contributed by atoms with Crippen molar-refractivity contribution in [2.75, 3.05) is 13.1 Å². The Bertz CT molecular complexity index is 2130. The van der Waals surface area contributed by atoms with Gasteiger partial charge >= 0.3 is 6.09 Å². The Labute approximate surface area is 414 Å². The SMILES string of the molecule is C=C([C@H](/C=C/[C@H](CC(C)C)NC(=O)OC(C)(C)C)Cc1ccccc1)N1CCC[C@H]1C(=O)C[C@H](C(=O)N[C@@H](CCCC)C(=O)CCCCCC(=O)c1cccc2c1N=C([C@]1(C)CCCN1)C2)C(C)C. The molecule has 0 aromatic heterocycles. The van der Waals surface area contributed by atoms with Crippen LogP contribution in [0, 0.1) is 23.7 Å². The van der Waals surface area contributed by atoms with Crippen molar-refractivity contribution in [3.05, 3.63) is 89.6 Å². The van der Waals surface area contributed by atoms with E-state index in [1.165, 1.54) is 0 Å². The lowest BCUT2D eigenvalue weighted by Gasteiger charge is -2.33. The third-order valence-corrected chi connectivity index (χ3v) is 14.2. The number of amides is 2. The van der Waals surface area contributed by atoms with E-state index in [1.54, 1.807) is 0 Å². The van der Waals surface area contributed by atoms with Gasteiger partial charge in [0.25, 0.3) is 0 Å². The highest BCUT2D eigenvalue weighted by atomic mass is 16.6. The van der Waals surface area contributed by atoms with Gasteiger partial charge in [0.1, 0.15) is 5.60 Å². The van der Waals surface area contributed by atoms with Crippen molar-refractivity contribution >= 4 is 40.7 Å². The van der Waals surface area contributed by atoms with Crippen molar-refractivity contribution in [2.45, 2.75) is 194 Å². The standard InChI is InChI=1S/C58H85N5O6/c1-11-12-26-48(51(65)29-18-14-17-28-50(64)46-25-19-24-44-37-53(62-54(44)46)58(10)32-21-33-59-58)61-55(67)47(40(4)5)38-52(66)49-27-20-34-63(49)41(6)43(36-42-22-15-13-16-23-42)30-31-45(35-39(2)3)60-56(68)69-57(7,8)9/h13,15-16,19,22-25,30-31,39-40,43,45,47-49,59H,6,11-12,14,17-18,20-21,26-29,32-38H2,1-5,7-10H3,(H,60,68)(H,61,67)/b31-30+/t43-,45-,47+,48+,49+,58+/m1/s1. The van der Waals surface area contributed by atoms with Crippen molar-refractivity contribution in [3.63, 3.8) is 0 Å². The zero-order chi connectivity index (χ0) is 50.3. The van der Waals surface area contributed by atoms with Crippen LogP contribution in [0.2, 0.25) is 0 Å². The zero-order valence-electron chi connectivity index (χ0n) is 43.6. The van der Waals surface area contributed by atoms with Gasteiger partial charge in [-0.25, -0.2) is 4.79 Å². The minimum Gasteiger partial charge on any atom is -0.444 e. The van der Waals surface area contributed by atoms with Crippen LogP contribution in [0.25, 0.3) is 0 Å². The highest BCUT2D eigenvalue weighted by Gasteiger charge is 2.38. The summed E-state index contributed by atoms with van der Waals surface area (Å²) in [5.41, 5.74) is 4.97. The third-order valence-electron chi connectivity index (χ3n) is 14.2. The number of hydrogen-bond acceptors (Lipinski definition) is 9. The number of nitrogens with zero attached hydrogens (tertiary/aromatic N) is 2. The molecule has 6 atom stereocenters. The summed E-state index contributed by atoms with van der Waals surface area (Å²) in [6.45, 7) is 24.3. The molecule has 3 N–H and O–H groups in total. The number of rotatable bonds is 27. The molecule has 3 aliphatic heterocycles. The number of nitrogens with one attached hydrogen (secondary N) is 3. The van der Waals surface area contributed by atoms with Gasteiger partial charge in [0.15, 0.2) is 17.3 Å². The molecule has 0 aliphatic carbocycles. The van der Waals surface area contributed by atoms with E-state index in [0.29, 0.717) is 63.0 Å². The van der Waals surface area contributed by atoms with E-state index in [2.05, 4.69) is 79.4 Å². The number of aliphatic imine (C=N–C) groups is 1. The predicted octanol–water partition coefficient (Wildman–Crippen LogP) is 11.4. The molecule has 2 aromatic rings. The summed E-state index contributed by atoms with van der Waals surface area (Å²) in [4.78, 5) is 75.8. The molecule has 2 amide bonds. The summed E-state index contributed by atoms with van der Waals surface area (Å²) in [5.74, 6) is -0.704. The molecule has 11 heteroatoms. The first-order chi connectivity index (χ1) is 32.8. The Morgan fingerprint density at radius 3 is 2.35 bits per heavy atom. The lowest BCUT2D eigenvalue weighted by atomic mass is 9.86. The van der Waals surface area contributed by atoms with Gasteiger partial charge in [-0.05, 0) is 121 Å². The molecular formula is C58H85N5O6. The summed E-state index contributed by atoms with van der Waals surface area (Å²) >= 11 is 0. The largest absolute Gasteiger partial charge is 0.444 e. The number of carbonyl (C=O) groups is 5. The van der Waals surface area contributed by atoms with Gasteiger partial charge in [-0.1, -0.05) is 115 Å². The number of alkyl carbamates (subject to hydrolysis) is 1. The van der Waals surface area contributed by atoms with E-state index in [-0.39, 0.29) is 53.1 Å². The Hall–Kier alpha value is -4.90. The van der Waals surface area contributed by atoms with Crippen molar-refractivity contribution in [1.82, 2.24) is 20.9 Å². The fraction of sp³-hybridized carbons (Fsp3) is 0.621. The minimum absolute atomic E-state index is 0.00132. The second kappa shape index (κ2) is 25.8. The van der Waals surface area contributed by atoms with Crippen LogP contribution >= 0.6 is 0 Å². The monoisotopic (exact) mass is 948 g/mol.